The van der Waals surface area contributed by atoms with Crippen LogP contribution in [0.3, 0.4) is 0 Å². The normalized spacial score (nSPS) is 25.2. The van der Waals surface area contributed by atoms with Gasteiger partial charge in [0.15, 0.2) is 0 Å². The summed E-state index contributed by atoms with van der Waals surface area (Å²) >= 11 is 0. The van der Waals surface area contributed by atoms with Crippen LogP contribution in [0.25, 0.3) is 0 Å². The number of carbonyl (C=O) groups is 1. The van der Waals surface area contributed by atoms with Crippen LogP contribution in [0.1, 0.15) is 5.56 Å². The lowest BCUT2D eigenvalue weighted by molar-refractivity contribution is -0.167. The summed E-state index contributed by atoms with van der Waals surface area (Å²) in [5.41, 5.74) is 1.27. The molecule has 0 aromatic heterocycles. The van der Waals surface area contributed by atoms with Crippen LogP contribution in [-0.2, 0) is 20.8 Å². The summed E-state index contributed by atoms with van der Waals surface area (Å²) < 4.78 is 10.3. The molecule has 2 aliphatic rings. The monoisotopic (exact) mass is 261 g/mol. The molecular formula is C15H19NO3. The molecule has 4 heteroatoms. The summed E-state index contributed by atoms with van der Waals surface area (Å²) in [4.78, 5) is 14.2. The minimum absolute atomic E-state index is 0.0120. The van der Waals surface area contributed by atoms with E-state index in [1.54, 1.807) is 0 Å². The SMILES string of the molecule is COC(=O)C1CN(Cc2ccccc2)CC12COC2. The quantitative estimate of drug-likeness (QED) is 0.769. The third-order valence-corrected chi connectivity index (χ3v) is 4.23. The highest BCUT2D eigenvalue weighted by Gasteiger charge is 2.55. The van der Waals surface area contributed by atoms with Crippen LogP contribution in [0.4, 0.5) is 0 Å². The topological polar surface area (TPSA) is 38.8 Å². The van der Waals surface area contributed by atoms with Gasteiger partial charge in [0.2, 0.25) is 0 Å². The van der Waals surface area contributed by atoms with Crippen molar-refractivity contribution in [3.63, 3.8) is 0 Å². The van der Waals surface area contributed by atoms with Gasteiger partial charge in [-0.1, -0.05) is 30.3 Å². The van der Waals surface area contributed by atoms with Gasteiger partial charge in [-0.2, -0.15) is 0 Å². The Hall–Kier alpha value is -1.39. The fourth-order valence-corrected chi connectivity index (χ4v) is 3.16. The Morgan fingerprint density at radius 3 is 2.74 bits per heavy atom. The lowest BCUT2D eigenvalue weighted by Gasteiger charge is -2.41. The van der Waals surface area contributed by atoms with Crippen molar-refractivity contribution in [2.24, 2.45) is 11.3 Å². The summed E-state index contributed by atoms with van der Waals surface area (Å²) in [6, 6.07) is 10.4. The van der Waals surface area contributed by atoms with Gasteiger partial charge in [-0.3, -0.25) is 9.69 Å². The molecule has 1 unspecified atom stereocenters. The largest absolute Gasteiger partial charge is 0.469 e. The standard InChI is InChI=1S/C15H19NO3/c1-18-14(17)13-8-16(9-15(13)10-19-11-15)7-12-5-3-2-4-6-12/h2-6,13H,7-11H2,1H3. The van der Waals surface area contributed by atoms with Crippen LogP contribution < -0.4 is 0 Å². The van der Waals surface area contributed by atoms with Crippen LogP contribution in [-0.4, -0.2) is 44.3 Å². The molecule has 0 amide bonds. The Kier molecular flexibility index (Phi) is 3.29. The zero-order chi connectivity index (χ0) is 13.3. The molecule has 0 radical (unpaired) electrons. The number of likely N-dealkylation sites (tertiary alicyclic amines) is 1. The second kappa shape index (κ2) is 4.94. The zero-order valence-electron chi connectivity index (χ0n) is 11.2. The van der Waals surface area contributed by atoms with Crippen molar-refractivity contribution in [1.29, 1.82) is 0 Å². The Bertz CT molecular complexity index is 456. The highest BCUT2D eigenvalue weighted by Crippen LogP contribution is 2.43. The second-order valence-corrected chi connectivity index (χ2v) is 5.59. The van der Waals surface area contributed by atoms with E-state index in [0.29, 0.717) is 13.2 Å². The average molecular weight is 261 g/mol. The van der Waals surface area contributed by atoms with E-state index in [4.69, 9.17) is 9.47 Å². The number of hydrogen-bond acceptors (Lipinski definition) is 4. The molecule has 2 aliphatic heterocycles. The van der Waals surface area contributed by atoms with E-state index in [9.17, 15) is 4.79 Å². The number of ether oxygens (including phenoxy) is 2. The van der Waals surface area contributed by atoms with Gasteiger partial charge in [0.25, 0.3) is 0 Å². The maximum atomic E-state index is 11.9. The number of carbonyl (C=O) groups excluding carboxylic acids is 1. The molecule has 4 nitrogen and oxygen atoms in total. The van der Waals surface area contributed by atoms with E-state index in [2.05, 4.69) is 17.0 Å². The molecule has 1 spiro atoms. The highest BCUT2D eigenvalue weighted by molar-refractivity contribution is 5.74. The predicted molar refractivity (Wildman–Crippen MR) is 70.5 cm³/mol. The van der Waals surface area contributed by atoms with Gasteiger partial charge in [0, 0.05) is 25.0 Å². The molecule has 1 aromatic rings. The molecule has 1 aromatic carbocycles. The van der Waals surface area contributed by atoms with Crippen molar-refractivity contribution in [2.45, 2.75) is 6.54 Å². The molecule has 0 bridgehead atoms. The van der Waals surface area contributed by atoms with Gasteiger partial charge >= 0.3 is 5.97 Å². The first kappa shape index (κ1) is 12.6. The lowest BCUT2D eigenvalue weighted by atomic mass is 9.76. The molecule has 102 valence electrons. The van der Waals surface area contributed by atoms with Gasteiger partial charge in [-0.05, 0) is 5.56 Å². The van der Waals surface area contributed by atoms with Crippen molar-refractivity contribution in [2.75, 3.05) is 33.4 Å². The molecule has 2 heterocycles. The van der Waals surface area contributed by atoms with E-state index in [1.165, 1.54) is 12.7 Å². The third kappa shape index (κ3) is 2.26. The summed E-state index contributed by atoms with van der Waals surface area (Å²) in [5.74, 6) is -0.145. The van der Waals surface area contributed by atoms with Crippen LogP contribution in [0.5, 0.6) is 0 Å². The van der Waals surface area contributed by atoms with E-state index in [0.717, 1.165) is 19.6 Å². The number of rotatable bonds is 3. The molecule has 2 fully saturated rings. The Morgan fingerprint density at radius 1 is 1.42 bits per heavy atom. The molecule has 0 aliphatic carbocycles. The number of hydrogen-bond donors (Lipinski definition) is 0. The lowest BCUT2D eigenvalue weighted by Crippen LogP contribution is -2.51. The van der Waals surface area contributed by atoms with E-state index in [-0.39, 0.29) is 17.3 Å². The van der Waals surface area contributed by atoms with Gasteiger partial charge in [0.05, 0.1) is 26.2 Å². The molecule has 3 rings (SSSR count). The summed E-state index contributed by atoms with van der Waals surface area (Å²) in [5, 5.41) is 0. The fourth-order valence-electron chi connectivity index (χ4n) is 3.16. The second-order valence-electron chi connectivity index (χ2n) is 5.59. The minimum atomic E-state index is -0.0983. The Labute approximate surface area is 113 Å². The Morgan fingerprint density at radius 2 is 2.16 bits per heavy atom. The number of esters is 1. The van der Waals surface area contributed by atoms with Gasteiger partial charge in [0.1, 0.15) is 0 Å². The van der Waals surface area contributed by atoms with Crippen molar-refractivity contribution >= 4 is 5.97 Å². The van der Waals surface area contributed by atoms with Crippen LogP contribution in [0.2, 0.25) is 0 Å². The molecular weight excluding hydrogens is 242 g/mol. The van der Waals surface area contributed by atoms with Gasteiger partial charge < -0.3 is 9.47 Å². The number of methoxy groups -OCH3 is 1. The fraction of sp³-hybridized carbons (Fsp3) is 0.533. The molecule has 2 saturated heterocycles. The molecule has 19 heavy (non-hydrogen) atoms. The van der Waals surface area contributed by atoms with Crippen molar-refractivity contribution < 1.29 is 14.3 Å². The highest BCUT2D eigenvalue weighted by atomic mass is 16.5. The molecule has 0 saturated carbocycles. The predicted octanol–water partition coefficient (Wildman–Crippen LogP) is 1.31. The maximum Gasteiger partial charge on any atom is 0.310 e. The summed E-state index contributed by atoms with van der Waals surface area (Å²) in [6.45, 7) is 3.93. The molecule has 1 atom stereocenters. The Balaban J connectivity index is 1.71. The van der Waals surface area contributed by atoms with Crippen LogP contribution in [0.15, 0.2) is 30.3 Å². The average Bonchev–Trinajstić information content (AvgIpc) is 2.78. The summed E-state index contributed by atoms with van der Waals surface area (Å²) in [7, 11) is 1.47. The van der Waals surface area contributed by atoms with Crippen molar-refractivity contribution in [3.05, 3.63) is 35.9 Å². The maximum absolute atomic E-state index is 11.9. The minimum Gasteiger partial charge on any atom is -0.469 e. The van der Waals surface area contributed by atoms with Crippen molar-refractivity contribution in [1.82, 2.24) is 4.90 Å². The first-order valence-corrected chi connectivity index (χ1v) is 6.65. The van der Waals surface area contributed by atoms with Gasteiger partial charge in [-0.15, -0.1) is 0 Å². The van der Waals surface area contributed by atoms with E-state index in [1.807, 2.05) is 18.2 Å². The number of nitrogens with zero attached hydrogens (tertiary/aromatic N) is 1. The third-order valence-electron chi connectivity index (χ3n) is 4.23. The zero-order valence-corrected chi connectivity index (χ0v) is 11.2. The van der Waals surface area contributed by atoms with E-state index < -0.39 is 0 Å². The van der Waals surface area contributed by atoms with Gasteiger partial charge in [-0.25, -0.2) is 0 Å². The number of benzene rings is 1. The van der Waals surface area contributed by atoms with E-state index >= 15 is 0 Å². The smallest absolute Gasteiger partial charge is 0.310 e. The van der Waals surface area contributed by atoms with Crippen LogP contribution in [0, 0.1) is 11.3 Å². The first-order valence-electron chi connectivity index (χ1n) is 6.65. The molecule has 0 N–H and O–H groups in total. The first-order chi connectivity index (χ1) is 9.23. The van der Waals surface area contributed by atoms with Crippen LogP contribution >= 0.6 is 0 Å². The summed E-state index contributed by atoms with van der Waals surface area (Å²) in [6.07, 6.45) is 0. The van der Waals surface area contributed by atoms with Crippen molar-refractivity contribution in [3.8, 4) is 0 Å².